The SMILES string of the molecule is [2H]c1cc2c(oc3c([2H])c([2H])cc(-c4nc(-c5ccccc5)nc(-c5ccc([Si](c6ccccc6)(c6ccccc6)c6ccccc6)cc5)n4)c32)c([2H])c1[2H]. The zero-order valence-electron chi connectivity index (χ0n) is 31.8. The van der Waals surface area contributed by atoms with Crippen LogP contribution >= 0.6 is 0 Å². The number of hydrogen-bond acceptors (Lipinski definition) is 4. The number of aromatic nitrogens is 3. The zero-order valence-corrected chi connectivity index (χ0v) is 27.8. The summed E-state index contributed by atoms with van der Waals surface area (Å²) in [4.78, 5) is 14.9. The highest BCUT2D eigenvalue weighted by Gasteiger charge is 2.41. The first kappa shape index (κ1) is 24.7. The highest BCUT2D eigenvalue weighted by Crippen LogP contribution is 2.36. The molecule has 0 saturated carbocycles. The second kappa shape index (κ2) is 12.5. The summed E-state index contributed by atoms with van der Waals surface area (Å²) < 4.78 is 48.5. The molecule has 0 spiro atoms. The fraction of sp³-hybridized carbons (Fsp3) is 0. The summed E-state index contributed by atoms with van der Waals surface area (Å²) in [5.41, 5.74) is 2.09. The lowest BCUT2D eigenvalue weighted by atomic mass is 10.1. The van der Waals surface area contributed by atoms with Crippen molar-refractivity contribution in [2.24, 2.45) is 0 Å². The van der Waals surface area contributed by atoms with Gasteiger partial charge in [-0.2, -0.15) is 0 Å². The zero-order chi connectivity index (χ0) is 37.7. The van der Waals surface area contributed by atoms with Gasteiger partial charge in [-0.25, -0.2) is 15.0 Å². The van der Waals surface area contributed by atoms with E-state index in [2.05, 4.69) is 115 Å². The smallest absolute Gasteiger partial charge is 0.179 e. The Hall–Kier alpha value is -6.43. The minimum Gasteiger partial charge on any atom is -0.456 e. The number of furan rings is 1. The van der Waals surface area contributed by atoms with Gasteiger partial charge in [0.15, 0.2) is 25.5 Å². The average molecular weight is 663 g/mol. The molecule has 5 heteroatoms. The molecule has 2 heterocycles. The van der Waals surface area contributed by atoms with Crippen LogP contribution in [0.2, 0.25) is 0 Å². The van der Waals surface area contributed by atoms with E-state index >= 15 is 0 Å². The van der Waals surface area contributed by atoms with Gasteiger partial charge in [-0.15, -0.1) is 0 Å². The molecule has 0 aliphatic carbocycles. The van der Waals surface area contributed by atoms with Crippen LogP contribution in [0.1, 0.15) is 6.85 Å². The van der Waals surface area contributed by atoms with Gasteiger partial charge in [0, 0.05) is 27.5 Å². The third-order valence-corrected chi connectivity index (χ3v) is 14.0. The second-order valence-electron chi connectivity index (χ2n) is 12.0. The Kier molecular flexibility index (Phi) is 6.19. The van der Waals surface area contributed by atoms with Crippen molar-refractivity contribution in [1.82, 2.24) is 15.0 Å². The Bertz CT molecular complexity index is 2760. The fourth-order valence-electron chi connectivity index (χ4n) is 6.93. The molecule has 0 bridgehead atoms. The Morgan fingerprint density at radius 2 is 0.900 bits per heavy atom. The van der Waals surface area contributed by atoms with Crippen LogP contribution < -0.4 is 20.7 Å². The van der Waals surface area contributed by atoms with E-state index in [-0.39, 0.29) is 47.2 Å². The van der Waals surface area contributed by atoms with Crippen LogP contribution in [0, 0.1) is 0 Å². The van der Waals surface area contributed by atoms with Crippen molar-refractivity contribution in [3.05, 3.63) is 188 Å². The molecule has 50 heavy (non-hydrogen) atoms. The van der Waals surface area contributed by atoms with Crippen LogP contribution in [0.4, 0.5) is 0 Å². The van der Waals surface area contributed by atoms with Crippen LogP contribution in [0.5, 0.6) is 0 Å². The first-order chi connectivity index (χ1) is 26.8. The maximum absolute atomic E-state index is 8.70. The van der Waals surface area contributed by atoms with Gasteiger partial charge in [0.25, 0.3) is 0 Å². The standard InChI is InChI=1S/C45H31N3OSi/c1-5-16-32(17-6-1)43-46-44(48-45(47-43)39-25-15-27-41-42(39)38-24-13-14-26-40(38)49-41)33-28-30-37(31-29-33)50(34-18-7-2-8-19-34,35-20-9-3-10-21-35)36-22-11-4-12-23-36/h1-31H/i13D,14D,15D,26D,27D. The molecule has 7 aromatic carbocycles. The minimum absolute atomic E-state index is 0.0763. The second-order valence-corrected chi connectivity index (χ2v) is 15.8. The van der Waals surface area contributed by atoms with Crippen LogP contribution in [-0.2, 0) is 0 Å². The van der Waals surface area contributed by atoms with E-state index in [1.54, 1.807) is 0 Å². The van der Waals surface area contributed by atoms with Gasteiger partial charge in [-0.3, -0.25) is 0 Å². The first-order valence-electron chi connectivity index (χ1n) is 18.9. The molecule has 4 nitrogen and oxygen atoms in total. The van der Waals surface area contributed by atoms with E-state index in [0.29, 0.717) is 28.0 Å². The number of nitrogens with zero attached hydrogens (tertiary/aromatic N) is 3. The fourth-order valence-corrected chi connectivity index (χ4v) is 11.7. The minimum atomic E-state index is -2.77. The molecule has 9 rings (SSSR count). The van der Waals surface area contributed by atoms with Gasteiger partial charge >= 0.3 is 0 Å². The summed E-state index contributed by atoms with van der Waals surface area (Å²) in [6, 6.07) is 52.3. The molecule has 0 aliphatic heterocycles. The molecular formula is C45H31N3OSi. The summed E-state index contributed by atoms with van der Waals surface area (Å²) >= 11 is 0. The number of fused-ring (bicyclic) bond motifs is 3. The number of rotatable bonds is 7. The van der Waals surface area contributed by atoms with Crippen molar-refractivity contribution in [1.29, 1.82) is 0 Å². The lowest BCUT2D eigenvalue weighted by molar-refractivity contribution is 0.669. The molecule has 0 aliphatic rings. The molecule has 0 fully saturated rings. The molecule has 236 valence electrons. The summed E-state index contributed by atoms with van der Waals surface area (Å²) in [6.45, 7) is 0. The molecule has 9 aromatic rings. The predicted octanol–water partition coefficient (Wildman–Crippen LogP) is 8.15. The van der Waals surface area contributed by atoms with Crippen molar-refractivity contribution in [2.75, 3.05) is 0 Å². The third-order valence-electron chi connectivity index (χ3n) is 9.19. The normalized spacial score (nSPS) is 13.0. The Morgan fingerprint density at radius 3 is 1.48 bits per heavy atom. The molecule has 0 unspecified atom stereocenters. The largest absolute Gasteiger partial charge is 0.456 e. The summed E-state index contributed by atoms with van der Waals surface area (Å²) in [5, 5.41) is 5.78. The molecule has 2 aromatic heterocycles. The van der Waals surface area contributed by atoms with Gasteiger partial charge in [-0.05, 0) is 32.8 Å². The maximum Gasteiger partial charge on any atom is 0.179 e. The van der Waals surface area contributed by atoms with Crippen molar-refractivity contribution in [3.8, 4) is 34.2 Å². The van der Waals surface area contributed by atoms with Gasteiger partial charge < -0.3 is 4.42 Å². The topological polar surface area (TPSA) is 51.8 Å². The number of para-hydroxylation sites is 1. The van der Waals surface area contributed by atoms with E-state index in [1.807, 2.05) is 30.3 Å². The van der Waals surface area contributed by atoms with E-state index in [1.165, 1.54) is 32.9 Å². The molecule has 0 N–H and O–H groups in total. The summed E-state index contributed by atoms with van der Waals surface area (Å²) in [6.07, 6.45) is 0. The van der Waals surface area contributed by atoms with Crippen molar-refractivity contribution in [2.45, 2.75) is 0 Å². The Balaban J connectivity index is 1.27. The predicted molar refractivity (Wildman–Crippen MR) is 207 cm³/mol. The molecule has 0 saturated heterocycles. The van der Waals surface area contributed by atoms with E-state index in [4.69, 9.17) is 26.2 Å². The molecule has 0 atom stereocenters. The van der Waals surface area contributed by atoms with Crippen LogP contribution in [0.25, 0.3) is 56.1 Å². The maximum atomic E-state index is 8.70. The van der Waals surface area contributed by atoms with E-state index in [9.17, 15) is 0 Å². The van der Waals surface area contributed by atoms with Crippen LogP contribution in [0.15, 0.2) is 192 Å². The van der Waals surface area contributed by atoms with Crippen LogP contribution in [-0.4, -0.2) is 23.0 Å². The number of hydrogen-bond donors (Lipinski definition) is 0. The Morgan fingerprint density at radius 1 is 0.420 bits per heavy atom. The molecule has 0 amide bonds. The van der Waals surface area contributed by atoms with Gasteiger partial charge in [0.1, 0.15) is 11.2 Å². The highest BCUT2D eigenvalue weighted by molar-refractivity contribution is 7.19. The Labute approximate surface area is 298 Å². The van der Waals surface area contributed by atoms with Crippen molar-refractivity contribution >= 4 is 50.8 Å². The monoisotopic (exact) mass is 662 g/mol. The van der Waals surface area contributed by atoms with Crippen molar-refractivity contribution in [3.63, 3.8) is 0 Å². The van der Waals surface area contributed by atoms with Crippen LogP contribution in [0.3, 0.4) is 0 Å². The quantitative estimate of drug-likeness (QED) is 0.128. The average Bonchev–Trinajstić information content (AvgIpc) is 3.63. The molecule has 0 radical (unpaired) electrons. The first-order valence-corrected chi connectivity index (χ1v) is 18.4. The van der Waals surface area contributed by atoms with Crippen molar-refractivity contribution < 1.29 is 11.3 Å². The lowest BCUT2D eigenvalue weighted by Gasteiger charge is -2.34. The lowest BCUT2D eigenvalue weighted by Crippen LogP contribution is -2.74. The van der Waals surface area contributed by atoms with Gasteiger partial charge in [0.05, 0.1) is 6.85 Å². The van der Waals surface area contributed by atoms with E-state index < -0.39 is 8.07 Å². The summed E-state index contributed by atoms with van der Waals surface area (Å²) in [7, 11) is -2.77. The number of benzene rings is 7. The highest BCUT2D eigenvalue weighted by atomic mass is 28.3. The third kappa shape index (κ3) is 5.03. The van der Waals surface area contributed by atoms with Gasteiger partial charge in [0.2, 0.25) is 0 Å². The molecular weight excluding hydrogens is 627 g/mol. The summed E-state index contributed by atoms with van der Waals surface area (Å²) in [5.74, 6) is 1.09. The van der Waals surface area contributed by atoms with Gasteiger partial charge in [-0.1, -0.05) is 176 Å². The van der Waals surface area contributed by atoms with E-state index in [0.717, 1.165) is 11.1 Å².